The Bertz CT molecular complexity index is 767. The van der Waals surface area contributed by atoms with Crippen molar-refractivity contribution >= 4 is 16.5 Å². The fourth-order valence-electron chi connectivity index (χ4n) is 2.34. The van der Waals surface area contributed by atoms with Gasteiger partial charge >= 0.3 is 0 Å². The summed E-state index contributed by atoms with van der Waals surface area (Å²) in [5.41, 5.74) is 8.83. The van der Waals surface area contributed by atoms with Crippen molar-refractivity contribution in [3.63, 3.8) is 0 Å². The topological polar surface area (TPSA) is 61.0 Å². The lowest BCUT2D eigenvalue weighted by Crippen LogP contribution is -2.05. The first-order valence-electron chi connectivity index (χ1n) is 7.54. The molecule has 118 valence electrons. The second kappa shape index (κ2) is 6.79. The van der Waals surface area contributed by atoms with Gasteiger partial charge in [0.15, 0.2) is 5.13 Å². The minimum Gasteiger partial charge on any atom is -0.491 e. The Morgan fingerprint density at radius 2 is 1.91 bits per heavy atom. The zero-order chi connectivity index (χ0) is 16.2. The molecule has 5 heteroatoms. The third-order valence-electron chi connectivity index (χ3n) is 3.28. The van der Waals surface area contributed by atoms with E-state index in [1.54, 1.807) is 6.20 Å². The SMILES string of the molecule is CC(C)Oc1ccc(Cc2sc(N)nc2-c2ccccn2)cc1. The quantitative estimate of drug-likeness (QED) is 0.765. The van der Waals surface area contributed by atoms with E-state index in [1.165, 1.54) is 16.9 Å². The number of nitrogens with zero attached hydrogens (tertiary/aromatic N) is 2. The van der Waals surface area contributed by atoms with Crippen LogP contribution < -0.4 is 10.5 Å². The highest BCUT2D eigenvalue weighted by molar-refractivity contribution is 7.15. The maximum absolute atomic E-state index is 5.91. The van der Waals surface area contributed by atoms with Crippen LogP contribution in [0.3, 0.4) is 0 Å². The van der Waals surface area contributed by atoms with E-state index in [1.807, 2.05) is 44.2 Å². The fourth-order valence-corrected chi connectivity index (χ4v) is 3.21. The highest BCUT2D eigenvalue weighted by Gasteiger charge is 2.13. The average Bonchev–Trinajstić information content (AvgIpc) is 2.90. The molecule has 0 amide bonds. The summed E-state index contributed by atoms with van der Waals surface area (Å²) in [4.78, 5) is 9.95. The lowest BCUT2D eigenvalue weighted by molar-refractivity contribution is 0.242. The number of nitrogens with two attached hydrogens (primary N) is 1. The van der Waals surface area contributed by atoms with Crippen molar-refractivity contribution in [2.75, 3.05) is 5.73 Å². The number of pyridine rings is 1. The van der Waals surface area contributed by atoms with Crippen LogP contribution in [-0.2, 0) is 6.42 Å². The molecule has 23 heavy (non-hydrogen) atoms. The van der Waals surface area contributed by atoms with E-state index >= 15 is 0 Å². The number of hydrogen-bond acceptors (Lipinski definition) is 5. The van der Waals surface area contributed by atoms with E-state index in [9.17, 15) is 0 Å². The molecule has 1 aromatic carbocycles. The molecule has 0 aliphatic heterocycles. The molecule has 3 rings (SSSR count). The molecule has 0 bridgehead atoms. The van der Waals surface area contributed by atoms with Gasteiger partial charge in [0.05, 0.1) is 11.8 Å². The molecule has 0 atom stereocenters. The van der Waals surface area contributed by atoms with Crippen molar-refractivity contribution < 1.29 is 4.74 Å². The van der Waals surface area contributed by atoms with Gasteiger partial charge in [-0.1, -0.05) is 18.2 Å². The van der Waals surface area contributed by atoms with E-state index < -0.39 is 0 Å². The molecule has 4 nitrogen and oxygen atoms in total. The predicted octanol–water partition coefficient (Wildman–Crippen LogP) is 4.17. The molecule has 2 aromatic heterocycles. The normalized spacial score (nSPS) is 10.9. The number of ether oxygens (including phenoxy) is 1. The van der Waals surface area contributed by atoms with Crippen molar-refractivity contribution in [2.45, 2.75) is 26.4 Å². The Labute approximate surface area is 140 Å². The van der Waals surface area contributed by atoms with Gasteiger partial charge in [0.25, 0.3) is 0 Å². The van der Waals surface area contributed by atoms with Gasteiger partial charge in [0.1, 0.15) is 11.4 Å². The number of rotatable bonds is 5. The molecule has 0 aliphatic rings. The highest BCUT2D eigenvalue weighted by atomic mass is 32.1. The van der Waals surface area contributed by atoms with Crippen LogP contribution in [0, 0.1) is 0 Å². The summed E-state index contributed by atoms with van der Waals surface area (Å²) in [5, 5.41) is 0.570. The molecule has 0 aliphatic carbocycles. The Balaban J connectivity index is 1.83. The first-order valence-corrected chi connectivity index (χ1v) is 8.35. The van der Waals surface area contributed by atoms with Gasteiger partial charge in [0, 0.05) is 17.5 Å². The summed E-state index contributed by atoms with van der Waals surface area (Å²) in [6.45, 7) is 4.04. The summed E-state index contributed by atoms with van der Waals surface area (Å²) in [5.74, 6) is 0.887. The average molecular weight is 325 g/mol. The summed E-state index contributed by atoms with van der Waals surface area (Å²) in [6, 6.07) is 14.0. The largest absolute Gasteiger partial charge is 0.491 e. The van der Waals surface area contributed by atoms with Crippen molar-refractivity contribution in [3.05, 3.63) is 59.1 Å². The van der Waals surface area contributed by atoms with E-state index in [0.29, 0.717) is 5.13 Å². The van der Waals surface area contributed by atoms with Gasteiger partial charge in [-0.25, -0.2) is 4.98 Å². The molecular formula is C18H19N3OS. The number of benzene rings is 1. The smallest absolute Gasteiger partial charge is 0.180 e. The second-order valence-corrected chi connectivity index (χ2v) is 6.64. The zero-order valence-corrected chi connectivity index (χ0v) is 14.0. The Morgan fingerprint density at radius 3 is 2.57 bits per heavy atom. The van der Waals surface area contributed by atoms with Gasteiger partial charge in [-0.3, -0.25) is 4.98 Å². The van der Waals surface area contributed by atoms with Crippen molar-refractivity contribution in [1.29, 1.82) is 0 Å². The number of hydrogen-bond donors (Lipinski definition) is 1. The summed E-state index contributed by atoms with van der Waals surface area (Å²) in [7, 11) is 0. The lowest BCUT2D eigenvalue weighted by Gasteiger charge is -2.10. The van der Waals surface area contributed by atoms with E-state index in [-0.39, 0.29) is 6.10 Å². The maximum Gasteiger partial charge on any atom is 0.180 e. The number of nitrogen functional groups attached to an aromatic ring is 1. The number of thiazole rings is 1. The van der Waals surface area contributed by atoms with Crippen LogP contribution in [0.2, 0.25) is 0 Å². The van der Waals surface area contributed by atoms with E-state index in [4.69, 9.17) is 10.5 Å². The minimum absolute atomic E-state index is 0.179. The molecule has 2 heterocycles. The molecule has 2 N–H and O–H groups in total. The number of anilines is 1. The first-order chi connectivity index (χ1) is 11.1. The predicted molar refractivity (Wildman–Crippen MR) is 94.8 cm³/mol. The summed E-state index contributed by atoms with van der Waals surface area (Å²) >= 11 is 1.51. The molecule has 0 saturated carbocycles. The second-order valence-electron chi connectivity index (χ2n) is 5.53. The maximum atomic E-state index is 5.91. The molecule has 0 radical (unpaired) electrons. The fraction of sp³-hybridized carbons (Fsp3) is 0.222. The van der Waals surface area contributed by atoms with Crippen LogP contribution in [-0.4, -0.2) is 16.1 Å². The molecule has 0 unspecified atom stereocenters. The Kier molecular flexibility index (Phi) is 4.57. The van der Waals surface area contributed by atoms with E-state index in [0.717, 1.165) is 28.4 Å². The van der Waals surface area contributed by atoms with Crippen molar-refractivity contribution in [2.24, 2.45) is 0 Å². The Hall–Kier alpha value is -2.40. The van der Waals surface area contributed by atoms with Crippen molar-refractivity contribution in [3.8, 4) is 17.1 Å². The molecule has 0 fully saturated rings. The molecule has 0 spiro atoms. The summed E-state index contributed by atoms with van der Waals surface area (Å²) in [6.07, 6.45) is 2.73. The van der Waals surface area contributed by atoms with Gasteiger partial charge in [-0.2, -0.15) is 0 Å². The third kappa shape index (κ3) is 3.87. The first kappa shape index (κ1) is 15.5. The molecule has 3 aromatic rings. The lowest BCUT2D eigenvalue weighted by atomic mass is 10.1. The van der Waals surface area contributed by atoms with Gasteiger partial charge < -0.3 is 10.5 Å². The highest BCUT2D eigenvalue weighted by Crippen LogP contribution is 2.30. The molecule has 0 saturated heterocycles. The standard InChI is InChI=1S/C18H19N3OS/c1-12(2)22-14-8-6-13(7-9-14)11-16-17(21-18(19)23-16)15-5-3-4-10-20-15/h3-10,12H,11H2,1-2H3,(H2,19,21). The number of aromatic nitrogens is 2. The summed E-state index contributed by atoms with van der Waals surface area (Å²) < 4.78 is 5.68. The van der Waals surface area contributed by atoms with Crippen LogP contribution >= 0.6 is 11.3 Å². The molecular weight excluding hydrogens is 306 g/mol. The van der Waals surface area contributed by atoms with Gasteiger partial charge in [-0.05, 0) is 43.7 Å². The van der Waals surface area contributed by atoms with Crippen LogP contribution in [0.15, 0.2) is 48.7 Å². The van der Waals surface area contributed by atoms with E-state index in [2.05, 4.69) is 22.1 Å². The van der Waals surface area contributed by atoms with Gasteiger partial charge in [0.2, 0.25) is 0 Å². The monoisotopic (exact) mass is 325 g/mol. The van der Waals surface area contributed by atoms with Crippen LogP contribution in [0.5, 0.6) is 5.75 Å². The van der Waals surface area contributed by atoms with Crippen LogP contribution in [0.1, 0.15) is 24.3 Å². The van der Waals surface area contributed by atoms with Crippen LogP contribution in [0.25, 0.3) is 11.4 Å². The third-order valence-corrected chi connectivity index (χ3v) is 4.17. The van der Waals surface area contributed by atoms with Crippen LogP contribution in [0.4, 0.5) is 5.13 Å². The zero-order valence-electron chi connectivity index (χ0n) is 13.2. The minimum atomic E-state index is 0.179. The van der Waals surface area contributed by atoms with Gasteiger partial charge in [-0.15, -0.1) is 11.3 Å². The van der Waals surface area contributed by atoms with Crippen molar-refractivity contribution in [1.82, 2.24) is 9.97 Å². The Morgan fingerprint density at radius 1 is 1.13 bits per heavy atom.